The Labute approximate surface area is 101 Å². The van der Waals surface area contributed by atoms with Crippen molar-refractivity contribution < 1.29 is 10.2 Å². The zero-order valence-corrected chi connectivity index (χ0v) is 10.5. The van der Waals surface area contributed by atoms with Gasteiger partial charge in [-0.05, 0) is 11.5 Å². The van der Waals surface area contributed by atoms with E-state index >= 15 is 0 Å². The Morgan fingerprint density at radius 2 is 1.88 bits per heavy atom. The van der Waals surface area contributed by atoms with E-state index in [1.165, 1.54) is 0 Å². The van der Waals surface area contributed by atoms with Gasteiger partial charge in [0.25, 0.3) is 0 Å². The highest BCUT2D eigenvalue weighted by molar-refractivity contribution is 6.32. The topological polar surface area (TPSA) is 66.5 Å². The van der Waals surface area contributed by atoms with Crippen molar-refractivity contribution in [2.24, 2.45) is 11.1 Å². The van der Waals surface area contributed by atoms with Crippen molar-refractivity contribution >= 4 is 11.6 Å². The Kier molecular flexibility index (Phi) is 3.84. The quantitative estimate of drug-likeness (QED) is 0.748. The molecule has 1 rings (SSSR count). The number of phenolic OH excluding ortho intramolecular Hbond substituents is 1. The summed E-state index contributed by atoms with van der Waals surface area (Å²) in [5.41, 5.74) is 6.04. The van der Waals surface area contributed by atoms with Gasteiger partial charge in [-0.25, -0.2) is 0 Å². The molecule has 0 heterocycles. The number of rotatable bonds is 2. The van der Waals surface area contributed by atoms with Crippen molar-refractivity contribution in [3.8, 4) is 5.75 Å². The molecule has 3 nitrogen and oxygen atoms in total. The summed E-state index contributed by atoms with van der Waals surface area (Å²) in [6, 6.07) is 4.29. The summed E-state index contributed by atoms with van der Waals surface area (Å²) >= 11 is 5.79. The van der Waals surface area contributed by atoms with E-state index in [1.807, 2.05) is 20.8 Å². The third kappa shape index (κ3) is 2.67. The van der Waals surface area contributed by atoms with Crippen molar-refractivity contribution in [2.75, 3.05) is 0 Å². The van der Waals surface area contributed by atoms with E-state index < -0.39 is 12.1 Å². The van der Waals surface area contributed by atoms with Gasteiger partial charge in [-0.2, -0.15) is 0 Å². The molecule has 0 saturated heterocycles. The second-order valence-electron chi connectivity index (χ2n) is 5.01. The number of hydrogen-bond donors (Lipinski definition) is 3. The van der Waals surface area contributed by atoms with Gasteiger partial charge in [-0.3, -0.25) is 0 Å². The maximum Gasteiger partial charge on any atom is 0.139 e. The summed E-state index contributed by atoms with van der Waals surface area (Å²) in [4.78, 5) is 0. The first-order valence-electron chi connectivity index (χ1n) is 5.16. The molecule has 0 unspecified atom stereocenters. The molecule has 0 radical (unpaired) electrons. The minimum absolute atomic E-state index is 0.0556. The fourth-order valence-electron chi connectivity index (χ4n) is 1.51. The predicted molar refractivity (Wildman–Crippen MR) is 65.5 cm³/mol. The second kappa shape index (κ2) is 4.62. The molecule has 0 saturated carbocycles. The largest absolute Gasteiger partial charge is 0.506 e. The molecular formula is C12H18ClNO2. The van der Waals surface area contributed by atoms with Crippen molar-refractivity contribution in [2.45, 2.75) is 32.9 Å². The zero-order valence-electron chi connectivity index (χ0n) is 9.74. The van der Waals surface area contributed by atoms with E-state index in [2.05, 4.69) is 0 Å². The Morgan fingerprint density at radius 3 is 2.38 bits per heavy atom. The number of aliphatic hydroxyl groups excluding tert-OH is 1. The molecule has 0 fully saturated rings. The second-order valence-corrected chi connectivity index (χ2v) is 5.42. The molecular weight excluding hydrogens is 226 g/mol. The molecule has 4 N–H and O–H groups in total. The van der Waals surface area contributed by atoms with Gasteiger partial charge in [0.1, 0.15) is 5.75 Å². The monoisotopic (exact) mass is 243 g/mol. The highest BCUT2D eigenvalue weighted by atomic mass is 35.5. The maximum absolute atomic E-state index is 10.0. The molecule has 1 aromatic rings. The number of para-hydroxylation sites is 1. The van der Waals surface area contributed by atoms with E-state index in [4.69, 9.17) is 17.3 Å². The summed E-state index contributed by atoms with van der Waals surface area (Å²) < 4.78 is 0. The molecule has 1 aromatic carbocycles. The molecule has 0 aliphatic rings. The number of halogens is 1. The summed E-state index contributed by atoms with van der Waals surface area (Å²) in [6.07, 6.45) is -0.753. The van der Waals surface area contributed by atoms with Crippen LogP contribution < -0.4 is 5.73 Å². The van der Waals surface area contributed by atoms with Crippen LogP contribution in [0.4, 0.5) is 0 Å². The van der Waals surface area contributed by atoms with Crippen LogP contribution in [0.2, 0.25) is 5.02 Å². The fourth-order valence-corrected chi connectivity index (χ4v) is 1.69. The summed E-state index contributed by atoms with van der Waals surface area (Å²) in [5, 5.41) is 20.0. The molecule has 0 aliphatic carbocycles. The number of aliphatic hydroxyl groups is 1. The lowest BCUT2D eigenvalue weighted by Crippen LogP contribution is -2.37. The van der Waals surface area contributed by atoms with Crippen LogP contribution in [0.25, 0.3) is 0 Å². The van der Waals surface area contributed by atoms with E-state index in [1.54, 1.807) is 18.2 Å². The normalized spacial score (nSPS) is 15.9. The summed E-state index contributed by atoms with van der Waals surface area (Å²) in [7, 11) is 0. The van der Waals surface area contributed by atoms with Crippen LogP contribution in [0, 0.1) is 5.41 Å². The first-order chi connectivity index (χ1) is 7.25. The Bertz CT molecular complexity index is 374. The summed E-state index contributed by atoms with van der Waals surface area (Å²) in [5.74, 6) is -0.0556. The van der Waals surface area contributed by atoms with Crippen LogP contribution in [-0.2, 0) is 0 Å². The predicted octanol–water partition coefficient (Wildman–Crippen LogP) is 2.45. The van der Waals surface area contributed by atoms with Crippen LogP contribution in [0.15, 0.2) is 18.2 Å². The van der Waals surface area contributed by atoms with Crippen molar-refractivity contribution in [1.82, 2.24) is 0 Å². The molecule has 0 bridgehead atoms. The molecule has 0 spiro atoms. The molecule has 16 heavy (non-hydrogen) atoms. The molecule has 2 atom stereocenters. The fraction of sp³-hybridized carbons (Fsp3) is 0.500. The van der Waals surface area contributed by atoms with Gasteiger partial charge in [0.15, 0.2) is 0 Å². The zero-order chi connectivity index (χ0) is 12.5. The first-order valence-corrected chi connectivity index (χ1v) is 5.54. The minimum Gasteiger partial charge on any atom is -0.506 e. The third-order valence-corrected chi connectivity index (χ3v) is 2.91. The Morgan fingerprint density at radius 1 is 1.31 bits per heavy atom. The molecule has 0 amide bonds. The molecule has 0 aliphatic heterocycles. The number of hydrogen-bond acceptors (Lipinski definition) is 3. The SMILES string of the molecule is CC(C)(C)[C@@H](O)[C@@H](N)c1cccc(Cl)c1O. The van der Waals surface area contributed by atoms with Gasteiger partial charge in [-0.15, -0.1) is 0 Å². The first kappa shape index (κ1) is 13.3. The molecule has 90 valence electrons. The summed E-state index contributed by atoms with van der Waals surface area (Å²) in [6.45, 7) is 5.66. The lowest BCUT2D eigenvalue weighted by molar-refractivity contribution is 0.0395. The van der Waals surface area contributed by atoms with Crippen molar-refractivity contribution in [3.05, 3.63) is 28.8 Å². The Balaban J connectivity index is 3.06. The highest BCUT2D eigenvalue weighted by Gasteiger charge is 2.30. The lowest BCUT2D eigenvalue weighted by atomic mass is 9.82. The van der Waals surface area contributed by atoms with Crippen LogP contribution in [0.3, 0.4) is 0 Å². The average Bonchev–Trinajstić information content (AvgIpc) is 2.18. The van der Waals surface area contributed by atoms with Crippen molar-refractivity contribution in [3.63, 3.8) is 0 Å². The standard InChI is InChI=1S/C12H18ClNO2/c1-12(2,3)11(16)9(14)7-5-4-6-8(13)10(7)15/h4-6,9,11,15-16H,14H2,1-3H3/t9-,11-/m0/s1. The van der Waals surface area contributed by atoms with E-state index in [-0.39, 0.29) is 16.2 Å². The van der Waals surface area contributed by atoms with Crippen LogP contribution in [-0.4, -0.2) is 16.3 Å². The Hall–Kier alpha value is -0.770. The van der Waals surface area contributed by atoms with Crippen LogP contribution in [0.1, 0.15) is 32.4 Å². The number of phenols is 1. The van der Waals surface area contributed by atoms with E-state index in [9.17, 15) is 10.2 Å². The minimum atomic E-state index is -0.753. The maximum atomic E-state index is 10.0. The van der Waals surface area contributed by atoms with Gasteiger partial charge in [-0.1, -0.05) is 44.5 Å². The van der Waals surface area contributed by atoms with E-state index in [0.717, 1.165) is 0 Å². The van der Waals surface area contributed by atoms with Crippen molar-refractivity contribution in [1.29, 1.82) is 0 Å². The highest BCUT2D eigenvalue weighted by Crippen LogP contribution is 2.35. The number of aromatic hydroxyl groups is 1. The average molecular weight is 244 g/mol. The lowest BCUT2D eigenvalue weighted by Gasteiger charge is -2.31. The van der Waals surface area contributed by atoms with Crippen LogP contribution >= 0.6 is 11.6 Å². The molecule has 0 aromatic heterocycles. The smallest absolute Gasteiger partial charge is 0.139 e. The van der Waals surface area contributed by atoms with E-state index in [0.29, 0.717) is 5.56 Å². The van der Waals surface area contributed by atoms with Crippen LogP contribution in [0.5, 0.6) is 5.75 Å². The van der Waals surface area contributed by atoms with Gasteiger partial charge in [0.05, 0.1) is 17.2 Å². The molecule has 4 heteroatoms. The van der Waals surface area contributed by atoms with Gasteiger partial charge in [0.2, 0.25) is 0 Å². The third-order valence-electron chi connectivity index (χ3n) is 2.60. The van der Waals surface area contributed by atoms with Gasteiger partial charge >= 0.3 is 0 Å². The van der Waals surface area contributed by atoms with Gasteiger partial charge in [0, 0.05) is 5.56 Å². The number of benzene rings is 1. The number of nitrogens with two attached hydrogens (primary N) is 1. The van der Waals surface area contributed by atoms with Gasteiger partial charge < -0.3 is 15.9 Å².